The van der Waals surface area contributed by atoms with Crippen molar-refractivity contribution >= 4 is 0 Å². The molecule has 2 aliphatic heterocycles. The molecule has 2 aliphatic rings. The van der Waals surface area contributed by atoms with Gasteiger partial charge in [0.15, 0.2) is 17.6 Å². The van der Waals surface area contributed by atoms with E-state index in [0.717, 1.165) is 0 Å². The van der Waals surface area contributed by atoms with E-state index in [4.69, 9.17) is 24.7 Å². The fraction of sp³-hybridized carbons (Fsp3) is 0.900. The molecule has 0 amide bonds. The van der Waals surface area contributed by atoms with Gasteiger partial charge in [-0.1, -0.05) is 0 Å². The van der Waals surface area contributed by atoms with Gasteiger partial charge in [-0.3, -0.25) is 0 Å². The van der Waals surface area contributed by atoms with Crippen LogP contribution in [-0.2, 0) is 18.9 Å². The van der Waals surface area contributed by atoms with Crippen molar-refractivity contribution in [1.82, 2.24) is 0 Å². The van der Waals surface area contributed by atoms with Crippen LogP contribution in [0.3, 0.4) is 0 Å². The molecule has 0 aliphatic carbocycles. The van der Waals surface area contributed by atoms with E-state index in [1.54, 1.807) is 13.8 Å². The average molecular weight is 228 g/mol. The van der Waals surface area contributed by atoms with Crippen molar-refractivity contribution in [3.8, 4) is 6.07 Å². The minimum absolute atomic E-state index is 0.240. The summed E-state index contributed by atoms with van der Waals surface area (Å²) in [5.41, 5.74) is 4.80. The van der Waals surface area contributed by atoms with Gasteiger partial charge in [0, 0.05) is 7.11 Å². The second-order valence-corrected chi connectivity index (χ2v) is 4.55. The Morgan fingerprint density at radius 3 is 2.69 bits per heavy atom. The highest BCUT2D eigenvalue weighted by atomic mass is 16.8. The molecule has 6 heteroatoms. The van der Waals surface area contributed by atoms with E-state index >= 15 is 0 Å². The van der Waals surface area contributed by atoms with Gasteiger partial charge < -0.3 is 24.7 Å². The highest BCUT2D eigenvalue weighted by molar-refractivity contribution is 5.20. The first-order valence-electron chi connectivity index (χ1n) is 5.13. The minimum atomic E-state index is -1.23. The van der Waals surface area contributed by atoms with Crippen LogP contribution in [0, 0.1) is 11.3 Å². The number of nitriles is 1. The maximum absolute atomic E-state index is 9.19. The van der Waals surface area contributed by atoms with Crippen LogP contribution in [0.2, 0.25) is 0 Å². The summed E-state index contributed by atoms with van der Waals surface area (Å²) in [5.74, 6) is -0.769. The third-order valence-electron chi connectivity index (χ3n) is 2.87. The second-order valence-electron chi connectivity index (χ2n) is 4.55. The van der Waals surface area contributed by atoms with E-state index in [-0.39, 0.29) is 6.61 Å². The third-order valence-corrected chi connectivity index (χ3v) is 2.87. The summed E-state index contributed by atoms with van der Waals surface area (Å²) >= 11 is 0. The van der Waals surface area contributed by atoms with E-state index in [9.17, 15) is 5.26 Å². The van der Waals surface area contributed by atoms with Crippen molar-refractivity contribution in [2.75, 3.05) is 13.7 Å². The molecule has 0 bridgehead atoms. The van der Waals surface area contributed by atoms with Gasteiger partial charge >= 0.3 is 0 Å². The number of methoxy groups -OCH3 is 1. The number of nitrogens with two attached hydrogens (primary N) is 1. The predicted octanol–water partition coefficient (Wildman–Crippen LogP) is -0.270. The van der Waals surface area contributed by atoms with E-state index in [1.807, 2.05) is 0 Å². The summed E-state index contributed by atoms with van der Waals surface area (Å²) in [7, 11) is 1.53. The fourth-order valence-electron chi connectivity index (χ4n) is 2.07. The van der Waals surface area contributed by atoms with Gasteiger partial charge in [-0.15, -0.1) is 0 Å². The Balaban J connectivity index is 2.22. The lowest BCUT2D eigenvalue weighted by atomic mass is 9.91. The SMILES string of the molecule is COC[C@H]1O[C@@H]2OC(C)(C)O[C@@H]2[C@@]1(N)C#N. The molecule has 0 saturated carbocycles. The molecular weight excluding hydrogens is 212 g/mol. The smallest absolute Gasteiger partial charge is 0.190 e. The van der Waals surface area contributed by atoms with Gasteiger partial charge in [0.25, 0.3) is 0 Å². The van der Waals surface area contributed by atoms with Crippen LogP contribution in [-0.4, -0.2) is 43.5 Å². The molecule has 16 heavy (non-hydrogen) atoms. The molecule has 2 fully saturated rings. The molecule has 90 valence electrons. The maximum atomic E-state index is 9.19. The first-order chi connectivity index (χ1) is 7.43. The standard InChI is InChI=1S/C10H16N2O4/c1-9(2)15-7-8(16-9)14-6(4-13-3)10(7,12)5-11/h6-8H,4,12H2,1-3H3/t6-,7+,8-,10-/m1/s1. The fourth-order valence-corrected chi connectivity index (χ4v) is 2.07. The Labute approximate surface area is 94.2 Å². The Morgan fingerprint density at radius 2 is 2.12 bits per heavy atom. The lowest BCUT2D eigenvalue weighted by Gasteiger charge is -2.28. The molecule has 0 unspecified atom stereocenters. The summed E-state index contributed by atoms with van der Waals surface area (Å²) < 4.78 is 21.6. The number of ether oxygens (including phenoxy) is 4. The monoisotopic (exact) mass is 228 g/mol. The molecule has 2 rings (SSSR count). The number of rotatable bonds is 2. The van der Waals surface area contributed by atoms with Gasteiger partial charge in [0.1, 0.15) is 12.2 Å². The van der Waals surface area contributed by atoms with Crippen molar-refractivity contribution in [2.24, 2.45) is 5.73 Å². The van der Waals surface area contributed by atoms with E-state index < -0.39 is 29.8 Å². The zero-order valence-corrected chi connectivity index (χ0v) is 9.60. The summed E-state index contributed by atoms with van der Waals surface area (Å²) in [6, 6.07) is 2.05. The molecule has 0 aromatic rings. The molecule has 6 nitrogen and oxygen atoms in total. The van der Waals surface area contributed by atoms with Crippen molar-refractivity contribution in [3.05, 3.63) is 0 Å². The lowest BCUT2D eigenvalue weighted by molar-refractivity contribution is -0.213. The van der Waals surface area contributed by atoms with Crippen molar-refractivity contribution < 1.29 is 18.9 Å². The van der Waals surface area contributed by atoms with E-state index in [0.29, 0.717) is 0 Å². The van der Waals surface area contributed by atoms with Gasteiger partial charge in [-0.25, -0.2) is 0 Å². The summed E-state index contributed by atoms with van der Waals surface area (Å²) in [4.78, 5) is 0. The summed E-state index contributed by atoms with van der Waals surface area (Å²) in [5, 5.41) is 9.19. The van der Waals surface area contributed by atoms with Gasteiger partial charge in [0.2, 0.25) is 0 Å². The lowest BCUT2D eigenvalue weighted by Crippen LogP contribution is -2.56. The zero-order valence-electron chi connectivity index (χ0n) is 9.60. The Morgan fingerprint density at radius 1 is 1.44 bits per heavy atom. The second kappa shape index (κ2) is 3.65. The molecular formula is C10H16N2O4. The molecule has 0 aromatic carbocycles. The minimum Gasteiger partial charge on any atom is -0.382 e. The Bertz CT molecular complexity index is 327. The Hall–Kier alpha value is -0.710. The quantitative estimate of drug-likeness (QED) is 0.700. The van der Waals surface area contributed by atoms with Crippen LogP contribution in [0.25, 0.3) is 0 Å². The summed E-state index contributed by atoms with van der Waals surface area (Å²) in [6.07, 6.45) is -1.71. The molecule has 0 spiro atoms. The van der Waals surface area contributed by atoms with Crippen LogP contribution in [0.4, 0.5) is 0 Å². The van der Waals surface area contributed by atoms with E-state index in [2.05, 4.69) is 6.07 Å². The first kappa shape index (κ1) is 11.8. The van der Waals surface area contributed by atoms with Crippen LogP contribution in [0.15, 0.2) is 0 Å². The molecule has 2 saturated heterocycles. The molecule has 4 atom stereocenters. The van der Waals surface area contributed by atoms with Crippen molar-refractivity contribution in [1.29, 1.82) is 5.26 Å². The normalized spacial score (nSPS) is 45.3. The van der Waals surface area contributed by atoms with Gasteiger partial charge in [-0.2, -0.15) is 5.26 Å². The third kappa shape index (κ3) is 1.61. The van der Waals surface area contributed by atoms with E-state index in [1.165, 1.54) is 7.11 Å². The zero-order chi connectivity index (χ0) is 12.0. The highest BCUT2D eigenvalue weighted by Crippen LogP contribution is 2.41. The maximum Gasteiger partial charge on any atom is 0.190 e. The largest absolute Gasteiger partial charge is 0.382 e. The number of nitrogens with zero attached hydrogens (tertiary/aromatic N) is 1. The predicted molar refractivity (Wildman–Crippen MR) is 53.1 cm³/mol. The molecule has 2 heterocycles. The van der Waals surface area contributed by atoms with Gasteiger partial charge in [0.05, 0.1) is 12.7 Å². The number of hydrogen-bond donors (Lipinski definition) is 1. The Kier molecular flexibility index (Phi) is 2.69. The number of hydrogen-bond acceptors (Lipinski definition) is 6. The van der Waals surface area contributed by atoms with Gasteiger partial charge in [-0.05, 0) is 13.8 Å². The average Bonchev–Trinajstić information content (AvgIpc) is 2.62. The van der Waals surface area contributed by atoms with Crippen LogP contribution < -0.4 is 5.73 Å². The topological polar surface area (TPSA) is 86.7 Å². The molecule has 2 N–H and O–H groups in total. The number of fused-ring (bicyclic) bond motifs is 1. The molecule has 0 radical (unpaired) electrons. The van der Waals surface area contributed by atoms with Crippen LogP contribution in [0.5, 0.6) is 0 Å². The van der Waals surface area contributed by atoms with Crippen molar-refractivity contribution in [3.63, 3.8) is 0 Å². The first-order valence-corrected chi connectivity index (χ1v) is 5.13. The highest BCUT2D eigenvalue weighted by Gasteiger charge is 2.62. The van der Waals surface area contributed by atoms with Crippen LogP contribution >= 0.6 is 0 Å². The molecule has 0 aromatic heterocycles. The van der Waals surface area contributed by atoms with Crippen molar-refractivity contribution in [2.45, 2.75) is 43.7 Å². The summed E-state index contributed by atoms with van der Waals surface area (Å²) in [6.45, 7) is 3.76. The van der Waals surface area contributed by atoms with Crippen LogP contribution in [0.1, 0.15) is 13.8 Å².